The van der Waals surface area contributed by atoms with Gasteiger partial charge in [0, 0.05) is 19.3 Å². The van der Waals surface area contributed by atoms with Crippen molar-refractivity contribution in [3.63, 3.8) is 0 Å². The van der Waals surface area contributed by atoms with Crippen molar-refractivity contribution in [2.24, 2.45) is 0 Å². The molecule has 0 aromatic carbocycles. The van der Waals surface area contributed by atoms with Crippen LogP contribution in [-0.2, 0) is 42.9 Å². The van der Waals surface area contributed by atoms with Crippen LogP contribution in [0, 0.1) is 0 Å². The highest BCUT2D eigenvalue weighted by molar-refractivity contribution is 5.74. The molecule has 3 N–H and O–H groups in total. The second kappa shape index (κ2) is 53.6. The van der Waals surface area contributed by atoms with Crippen LogP contribution in [0.5, 0.6) is 0 Å². The van der Waals surface area contributed by atoms with E-state index >= 15 is 0 Å². The minimum atomic E-state index is -1.90. The Bertz CT molecular complexity index is 1480. The van der Waals surface area contributed by atoms with Crippen LogP contribution in [0.2, 0.25) is 0 Å². The number of hydrogen-bond acceptors (Lipinski definition) is 11. The number of carbonyl (C=O) groups is 4. The summed E-state index contributed by atoms with van der Waals surface area (Å²) in [4.78, 5) is 51.2. The molecular weight excluding hydrogens is 973 g/mol. The summed E-state index contributed by atoms with van der Waals surface area (Å²) in [6.45, 7) is 5.97. The van der Waals surface area contributed by atoms with Crippen molar-refractivity contribution in [2.75, 3.05) is 13.2 Å². The summed E-state index contributed by atoms with van der Waals surface area (Å²) in [6.07, 6.45) is 51.1. The standard InChI is InChI=1S/C65H116O12/c1-4-7-10-13-16-19-22-24-26-28-29-31-33-35-38-41-44-47-50-53-59(68)76-63-61(70)60(69)62(64(71)72)77-65(63)74-55-56(75-58(67)52-49-46-43-40-36-21-18-15-12-9-6-3)54-73-57(66)51-48-45-42-39-37-34-32-30-27-25-23-20-17-14-11-8-5-2/h15,18,24-27,56,60-63,65,69-70H,4-14,16-17,19-23,28-55H2,1-3H3,(H,71,72)/b18-15-,26-24-,27-25-. The van der Waals surface area contributed by atoms with E-state index in [-0.39, 0.29) is 25.9 Å². The number of hydrogen-bond donors (Lipinski definition) is 3. The second-order valence-electron chi connectivity index (χ2n) is 22.0. The Morgan fingerprint density at radius 2 is 0.753 bits per heavy atom. The molecule has 6 unspecified atom stereocenters. The van der Waals surface area contributed by atoms with E-state index in [9.17, 15) is 34.5 Å². The normalized spacial score (nSPS) is 18.2. The summed E-state index contributed by atoms with van der Waals surface area (Å²) < 4.78 is 28.5. The average molecular weight is 1090 g/mol. The smallest absolute Gasteiger partial charge is 0.335 e. The van der Waals surface area contributed by atoms with E-state index in [1.165, 1.54) is 148 Å². The lowest BCUT2D eigenvalue weighted by Gasteiger charge is -2.40. The molecule has 0 aromatic heterocycles. The van der Waals surface area contributed by atoms with Gasteiger partial charge in [-0.1, -0.05) is 231 Å². The van der Waals surface area contributed by atoms with Crippen LogP contribution in [0.15, 0.2) is 36.5 Å². The molecule has 12 heteroatoms. The predicted molar refractivity (Wildman–Crippen MR) is 313 cm³/mol. The molecule has 77 heavy (non-hydrogen) atoms. The molecule has 448 valence electrons. The van der Waals surface area contributed by atoms with Crippen molar-refractivity contribution in [1.29, 1.82) is 0 Å². The minimum absolute atomic E-state index is 0.0598. The minimum Gasteiger partial charge on any atom is -0.479 e. The Hall–Kier alpha value is -3.06. The highest BCUT2D eigenvalue weighted by Gasteiger charge is 2.50. The maximum Gasteiger partial charge on any atom is 0.335 e. The van der Waals surface area contributed by atoms with E-state index in [2.05, 4.69) is 57.2 Å². The maximum absolute atomic E-state index is 13.1. The van der Waals surface area contributed by atoms with Crippen LogP contribution in [0.4, 0.5) is 0 Å². The zero-order valence-corrected chi connectivity index (χ0v) is 49.5. The van der Waals surface area contributed by atoms with Crippen LogP contribution in [0.25, 0.3) is 0 Å². The summed E-state index contributed by atoms with van der Waals surface area (Å²) in [5.74, 6) is -3.11. The van der Waals surface area contributed by atoms with Gasteiger partial charge in [-0.25, -0.2) is 4.79 Å². The van der Waals surface area contributed by atoms with Crippen molar-refractivity contribution in [2.45, 2.75) is 340 Å². The quantitative estimate of drug-likeness (QED) is 0.0228. The van der Waals surface area contributed by atoms with Gasteiger partial charge in [-0.2, -0.15) is 0 Å². The van der Waals surface area contributed by atoms with Crippen molar-refractivity contribution in [3.05, 3.63) is 36.5 Å². The third-order valence-electron chi connectivity index (χ3n) is 14.7. The molecule has 0 bridgehead atoms. The number of aliphatic hydroxyl groups excluding tert-OH is 2. The molecule has 0 amide bonds. The lowest BCUT2D eigenvalue weighted by Crippen LogP contribution is -2.61. The molecular formula is C65H116O12. The highest BCUT2D eigenvalue weighted by atomic mass is 16.7. The van der Waals surface area contributed by atoms with Gasteiger partial charge in [0.05, 0.1) is 6.61 Å². The van der Waals surface area contributed by atoms with E-state index in [4.69, 9.17) is 23.7 Å². The van der Waals surface area contributed by atoms with E-state index < -0.39 is 67.3 Å². The molecule has 0 spiro atoms. The molecule has 12 nitrogen and oxygen atoms in total. The summed E-state index contributed by atoms with van der Waals surface area (Å²) in [5, 5.41) is 31.5. The molecule has 0 saturated carbocycles. The molecule has 1 rings (SSSR count). The topological polar surface area (TPSA) is 175 Å². The van der Waals surface area contributed by atoms with Gasteiger partial charge in [0.25, 0.3) is 0 Å². The molecule has 1 heterocycles. The summed E-state index contributed by atoms with van der Waals surface area (Å²) >= 11 is 0. The van der Waals surface area contributed by atoms with Crippen LogP contribution < -0.4 is 0 Å². The van der Waals surface area contributed by atoms with Crippen LogP contribution in [0.3, 0.4) is 0 Å². The molecule has 1 saturated heterocycles. The number of ether oxygens (including phenoxy) is 5. The Kier molecular flexibility index (Phi) is 50.1. The third kappa shape index (κ3) is 43.4. The fourth-order valence-electron chi connectivity index (χ4n) is 9.69. The molecule has 0 radical (unpaired) electrons. The molecule has 1 aliphatic heterocycles. The summed E-state index contributed by atoms with van der Waals surface area (Å²) in [7, 11) is 0. The van der Waals surface area contributed by atoms with E-state index in [0.29, 0.717) is 19.3 Å². The number of carboxylic acid groups (broad SMARTS) is 1. The Balaban J connectivity index is 2.62. The number of aliphatic carboxylic acids is 1. The first kappa shape index (κ1) is 72.0. The van der Waals surface area contributed by atoms with Crippen LogP contribution >= 0.6 is 0 Å². The van der Waals surface area contributed by atoms with Crippen LogP contribution in [0.1, 0.15) is 303 Å². The first-order valence-electron chi connectivity index (χ1n) is 32.0. The molecule has 0 aromatic rings. The third-order valence-corrected chi connectivity index (χ3v) is 14.7. The molecule has 1 aliphatic rings. The largest absolute Gasteiger partial charge is 0.479 e. The van der Waals surface area contributed by atoms with Gasteiger partial charge in [-0.05, 0) is 89.9 Å². The molecule has 6 atom stereocenters. The number of esters is 3. The fourth-order valence-corrected chi connectivity index (χ4v) is 9.69. The van der Waals surface area contributed by atoms with Gasteiger partial charge in [0.15, 0.2) is 24.6 Å². The zero-order chi connectivity index (χ0) is 56.1. The number of unbranched alkanes of at least 4 members (excludes halogenated alkanes) is 35. The maximum atomic E-state index is 13.1. The second-order valence-corrected chi connectivity index (χ2v) is 22.0. The first-order valence-corrected chi connectivity index (χ1v) is 32.0. The monoisotopic (exact) mass is 1090 g/mol. The Morgan fingerprint density at radius 1 is 0.416 bits per heavy atom. The highest BCUT2D eigenvalue weighted by Crippen LogP contribution is 2.27. The van der Waals surface area contributed by atoms with Gasteiger partial charge < -0.3 is 39.0 Å². The molecule has 0 aliphatic carbocycles. The first-order chi connectivity index (χ1) is 37.6. The van der Waals surface area contributed by atoms with Gasteiger partial charge in [0.2, 0.25) is 0 Å². The zero-order valence-electron chi connectivity index (χ0n) is 49.5. The summed E-state index contributed by atoms with van der Waals surface area (Å²) in [6, 6.07) is 0. The SMILES string of the molecule is CCCC/C=C\CCCCCCCC(=O)OC(COC(=O)CCCCCCCCC/C=C\CCCCCCCC)COC1OC(C(=O)O)C(O)C(O)C1OC(=O)CCCCCCCCCCC/C=C\CCCCCCCC. The van der Waals surface area contributed by atoms with Gasteiger partial charge >= 0.3 is 23.9 Å². The summed E-state index contributed by atoms with van der Waals surface area (Å²) in [5.41, 5.74) is 0. The van der Waals surface area contributed by atoms with Crippen molar-refractivity contribution < 1.29 is 58.2 Å². The van der Waals surface area contributed by atoms with E-state index in [1.54, 1.807) is 0 Å². The number of rotatable bonds is 55. The lowest BCUT2D eigenvalue weighted by molar-refractivity contribution is -0.301. The lowest BCUT2D eigenvalue weighted by atomic mass is 9.98. The van der Waals surface area contributed by atoms with Crippen LogP contribution in [-0.4, -0.2) is 89.2 Å². The average Bonchev–Trinajstić information content (AvgIpc) is 3.41. The van der Waals surface area contributed by atoms with Crippen molar-refractivity contribution in [3.8, 4) is 0 Å². The van der Waals surface area contributed by atoms with Gasteiger partial charge in [-0.3, -0.25) is 14.4 Å². The van der Waals surface area contributed by atoms with E-state index in [1.807, 2.05) is 0 Å². The van der Waals surface area contributed by atoms with Crippen molar-refractivity contribution >= 4 is 23.9 Å². The number of aliphatic hydroxyl groups is 2. The predicted octanol–water partition coefficient (Wildman–Crippen LogP) is 16.8. The number of allylic oxidation sites excluding steroid dienone is 6. The van der Waals surface area contributed by atoms with Gasteiger partial charge in [-0.15, -0.1) is 0 Å². The van der Waals surface area contributed by atoms with E-state index in [0.717, 1.165) is 96.3 Å². The molecule has 1 fully saturated rings. The Morgan fingerprint density at radius 3 is 1.14 bits per heavy atom. The van der Waals surface area contributed by atoms with Crippen molar-refractivity contribution in [1.82, 2.24) is 0 Å². The van der Waals surface area contributed by atoms with Gasteiger partial charge in [0.1, 0.15) is 18.8 Å². The Labute approximate surface area is 470 Å². The number of carboxylic acids is 1. The number of carbonyl (C=O) groups excluding carboxylic acids is 3. The fraction of sp³-hybridized carbons (Fsp3) is 0.846.